The largest absolute Gasteiger partial charge is 0.326 e. The van der Waals surface area contributed by atoms with Gasteiger partial charge in [-0.05, 0) is 42.7 Å². The van der Waals surface area contributed by atoms with E-state index in [2.05, 4.69) is 5.32 Å². The molecule has 0 aromatic heterocycles. The average Bonchev–Trinajstić information content (AvgIpc) is 2.96. The van der Waals surface area contributed by atoms with Gasteiger partial charge in [0.15, 0.2) is 0 Å². The molecule has 1 saturated heterocycles. The molecule has 0 aliphatic carbocycles. The molecule has 2 aromatic rings. The lowest BCUT2D eigenvalue weighted by Gasteiger charge is -2.14. The van der Waals surface area contributed by atoms with E-state index in [1.54, 1.807) is 11.0 Å². The van der Waals surface area contributed by atoms with Crippen LogP contribution in [0.2, 0.25) is 0 Å². The zero-order valence-electron chi connectivity index (χ0n) is 16.1. The van der Waals surface area contributed by atoms with Gasteiger partial charge in [0.25, 0.3) is 5.91 Å². The lowest BCUT2D eigenvalue weighted by Crippen LogP contribution is -2.29. The fraction of sp³-hybridized carbons (Fsp3) is 0.174. The molecule has 2 aromatic carbocycles. The summed E-state index contributed by atoms with van der Waals surface area (Å²) in [7, 11) is 0. The topological polar surface area (TPSA) is 49.4 Å². The number of rotatable bonds is 7. The second-order valence-corrected chi connectivity index (χ2v) is 8.32. The standard InChI is InChI=1S/C23H22N2O2S2/c1-17-8-5-12-19(16-17)24-21(26)14-7-15-25-22(27)20(29-23(25)28)13-6-11-18-9-3-2-4-10-18/h2-6,8-13,16H,7,14-15H2,1H3,(H,24,26). The number of nitrogens with zero attached hydrogens (tertiary/aromatic N) is 1. The van der Waals surface area contributed by atoms with Crippen LogP contribution in [0.4, 0.5) is 5.69 Å². The van der Waals surface area contributed by atoms with Crippen LogP contribution in [0.25, 0.3) is 6.08 Å². The summed E-state index contributed by atoms with van der Waals surface area (Å²) in [5.74, 6) is -0.167. The van der Waals surface area contributed by atoms with E-state index in [0.717, 1.165) is 16.8 Å². The van der Waals surface area contributed by atoms with Crippen LogP contribution in [-0.2, 0) is 9.59 Å². The lowest BCUT2D eigenvalue weighted by molar-refractivity contribution is -0.122. The summed E-state index contributed by atoms with van der Waals surface area (Å²) in [6, 6.07) is 17.6. The normalized spacial score (nSPS) is 15.5. The number of aryl methyl sites for hydroxylation is 1. The molecular formula is C23H22N2O2S2. The zero-order chi connectivity index (χ0) is 20.6. The quantitative estimate of drug-likeness (QED) is 0.494. The number of thioether (sulfide) groups is 1. The number of benzene rings is 2. The molecule has 0 bridgehead atoms. The number of anilines is 1. The van der Waals surface area contributed by atoms with Gasteiger partial charge in [0.2, 0.25) is 5.91 Å². The Balaban J connectivity index is 1.49. The number of hydrogen-bond donors (Lipinski definition) is 1. The van der Waals surface area contributed by atoms with Crippen LogP contribution in [-0.4, -0.2) is 27.6 Å². The van der Waals surface area contributed by atoms with E-state index in [1.807, 2.05) is 73.7 Å². The van der Waals surface area contributed by atoms with Crippen LogP contribution < -0.4 is 5.32 Å². The van der Waals surface area contributed by atoms with Crippen molar-refractivity contribution in [1.29, 1.82) is 0 Å². The number of nitrogens with one attached hydrogen (secondary N) is 1. The first-order valence-electron chi connectivity index (χ1n) is 9.36. The Hall–Kier alpha value is -2.70. The summed E-state index contributed by atoms with van der Waals surface area (Å²) in [4.78, 5) is 26.9. The van der Waals surface area contributed by atoms with E-state index < -0.39 is 0 Å². The maximum Gasteiger partial charge on any atom is 0.266 e. The van der Waals surface area contributed by atoms with Crippen molar-refractivity contribution < 1.29 is 9.59 Å². The number of thiocarbonyl (C=S) groups is 1. The van der Waals surface area contributed by atoms with Crippen molar-refractivity contribution in [3.63, 3.8) is 0 Å². The maximum absolute atomic E-state index is 12.6. The molecule has 4 nitrogen and oxygen atoms in total. The lowest BCUT2D eigenvalue weighted by atomic mass is 10.2. The summed E-state index contributed by atoms with van der Waals surface area (Å²) in [6.07, 6.45) is 6.48. The highest BCUT2D eigenvalue weighted by molar-refractivity contribution is 8.26. The molecule has 1 N–H and O–H groups in total. The van der Waals surface area contributed by atoms with Crippen molar-refractivity contribution in [2.75, 3.05) is 11.9 Å². The van der Waals surface area contributed by atoms with Gasteiger partial charge >= 0.3 is 0 Å². The second kappa shape index (κ2) is 10.2. The Morgan fingerprint density at radius 1 is 1.17 bits per heavy atom. The highest BCUT2D eigenvalue weighted by atomic mass is 32.2. The zero-order valence-corrected chi connectivity index (χ0v) is 17.8. The van der Waals surface area contributed by atoms with Crippen molar-refractivity contribution in [1.82, 2.24) is 4.90 Å². The van der Waals surface area contributed by atoms with E-state index >= 15 is 0 Å². The molecule has 0 saturated carbocycles. The fourth-order valence-corrected chi connectivity index (χ4v) is 4.12. The van der Waals surface area contributed by atoms with Crippen molar-refractivity contribution in [3.05, 3.63) is 82.8 Å². The number of carbonyl (C=O) groups excluding carboxylic acids is 2. The maximum atomic E-state index is 12.6. The first-order valence-corrected chi connectivity index (χ1v) is 10.6. The Labute approximate surface area is 180 Å². The minimum atomic E-state index is -0.100. The summed E-state index contributed by atoms with van der Waals surface area (Å²) in [5, 5.41) is 2.88. The first-order chi connectivity index (χ1) is 14.0. The molecule has 0 spiro atoms. The van der Waals surface area contributed by atoms with E-state index in [0.29, 0.717) is 28.6 Å². The molecule has 1 fully saturated rings. The Kier molecular flexibility index (Phi) is 7.38. The van der Waals surface area contributed by atoms with Crippen LogP contribution in [0.3, 0.4) is 0 Å². The van der Waals surface area contributed by atoms with E-state index in [4.69, 9.17) is 12.2 Å². The highest BCUT2D eigenvalue weighted by Gasteiger charge is 2.31. The molecule has 1 aliphatic rings. The molecule has 0 radical (unpaired) electrons. The van der Waals surface area contributed by atoms with Crippen molar-refractivity contribution in [3.8, 4) is 0 Å². The SMILES string of the molecule is Cc1cccc(NC(=O)CCCN2C(=O)C(=CC=Cc3ccccc3)SC2=S)c1. The van der Waals surface area contributed by atoms with Crippen molar-refractivity contribution >= 4 is 51.9 Å². The molecule has 3 rings (SSSR count). The average molecular weight is 423 g/mol. The number of carbonyl (C=O) groups is 2. The first kappa shape index (κ1) is 21.0. The van der Waals surface area contributed by atoms with Gasteiger partial charge in [-0.15, -0.1) is 0 Å². The molecule has 29 heavy (non-hydrogen) atoms. The third kappa shape index (κ3) is 6.14. The van der Waals surface area contributed by atoms with Crippen molar-refractivity contribution in [2.45, 2.75) is 19.8 Å². The van der Waals surface area contributed by atoms with Gasteiger partial charge in [-0.25, -0.2) is 0 Å². The number of amides is 2. The van der Waals surface area contributed by atoms with Gasteiger partial charge in [0, 0.05) is 18.7 Å². The van der Waals surface area contributed by atoms with E-state index in [9.17, 15) is 9.59 Å². The third-order valence-electron chi connectivity index (χ3n) is 4.30. The van der Waals surface area contributed by atoms with Crippen LogP contribution in [0.1, 0.15) is 24.0 Å². The summed E-state index contributed by atoms with van der Waals surface area (Å²) >= 11 is 6.64. The molecule has 1 aliphatic heterocycles. The fourth-order valence-electron chi connectivity index (χ4n) is 2.86. The molecule has 2 amide bonds. The second-order valence-electron chi connectivity index (χ2n) is 6.65. The molecule has 6 heteroatoms. The van der Waals surface area contributed by atoms with Gasteiger partial charge < -0.3 is 5.32 Å². The molecule has 0 atom stereocenters. The Morgan fingerprint density at radius 2 is 1.97 bits per heavy atom. The summed E-state index contributed by atoms with van der Waals surface area (Å²) in [6.45, 7) is 2.42. The minimum Gasteiger partial charge on any atom is -0.326 e. The van der Waals surface area contributed by atoms with Gasteiger partial charge in [-0.3, -0.25) is 14.5 Å². The van der Waals surface area contributed by atoms with E-state index in [-0.39, 0.29) is 11.8 Å². The summed E-state index contributed by atoms with van der Waals surface area (Å²) in [5.41, 5.74) is 2.95. The molecule has 0 unspecified atom stereocenters. The molecule has 148 valence electrons. The highest BCUT2D eigenvalue weighted by Crippen LogP contribution is 2.31. The Morgan fingerprint density at radius 3 is 2.72 bits per heavy atom. The predicted octanol–water partition coefficient (Wildman–Crippen LogP) is 5.17. The molecule has 1 heterocycles. The van der Waals surface area contributed by atoms with Crippen LogP contribution in [0.5, 0.6) is 0 Å². The van der Waals surface area contributed by atoms with Gasteiger partial charge in [0.1, 0.15) is 4.32 Å². The van der Waals surface area contributed by atoms with Gasteiger partial charge in [-0.2, -0.15) is 0 Å². The predicted molar refractivity (Wildman–Crippen MR) is 125 cm³/mol. The minimum absolute atomic E-state index is 0.0672. The summed E-state index contributed by atoms with van der Waals surface area (Å²) < 4.78 is 0.536. The van der Waals surface area contributed by atoms with Crippen molar-refractivity contribution in [2.24, 2.45) is 0 Å². The smallest absolute Gasteiger partial charge is 0.266 e. The van der Waals surface area contributed by atoms with Crippen LogP contribution in [0, 0.1) is 6.92 Å². The monoisotopic (exact) mass is 422 g/mol. The molecular weight excluding hydrogens is 400 g/mol. The van der Waals surface area contributed by atoms with Gasteiger partial charge in [-0.1, -0.05) is 78.6 Å². The van der Waals surface area contributed by atoms with Gasteiger partial charge in [0.05, 0.1) is 4.91 Å². The number of hydrogen-bond acceptors (Lipinski definition) is 4. The van der Waals surface area contributed by atoms with E-state index in [1.165, 1.54) is 11.8 Å². The third-order valence-corrected chi connectivity index (χ3v) is 5.69. The number of allylic oxidation sites excluding steroid dienone is 2. The Bertz CT molecular complexity index is 968. The van der Waals surface area contributed by atoms with Crippen LogP contribution >= 0.6 is 24.0 Å². The van der Waals surface area contributed by atoms with Crippen LogP contribution in [0.15, 0.2) is 71.7 Å².